The lowest BCUT2D eigenvalue weighted by atomic mass is 10.3. The molecule has 0 radical (unpaired) electrons. The fourth-order valence-electron chi connectivity index (χ4n) is 2.45. The number of nitrogens with one attached hydrogen (secondary N) is 1. The van der Waals surface area contributed by atoms with E-state index in [2.05, 4.69) is 41.8 Å². The maximum absolute atomic E-state index is 5.74. The molecule has 0 atom stereocenters. The van der Waals surface area contributed by atoms with Gasteiger partial charge in [0.25, 0.3) is 0 Å². The third kappa shape index (κ3) is 6.71. The van der Waals surface area contributed by atoms with Gasteiger partial charge in [0.05, 0.1) is 20.2 Å². The number of methoxy groups -OCH3 is 1. The maximum atomic E-state index is 5.74. The number of guanidine groups is 1. The third-order valence-corrected chi connectivity index (χ3v) is 4.18. The average Bonchev–Trinajstić information content (AvgIpc) is 2.92. The van der Waals surface area contributed by atoms with E-state index in [9.17, 15) is 0 Å². The van der Waals surface area contributed by atoms with Crippen molar-refractivity contribution in [3.05, 3.63) is 46.7 Å². The van der Waals surface area contributed by atoms with E-state index in [-0.39, 0.29) is 24.0 Å². The van der Waals surface area contributed by atoms with Crippen molar-refractivity contribution < 1.29 is 9.47 Å². The molecule has 8 heteroatoms. The molecule has 0 aliphatic heterocycles. The molecule has 0 spiro atoms. The smallest absolute Gasteiger partial charge is 0.193 e. The minimum atomic E-state index is 0. The zero-order chi connectivity index (χ0) is 18.2. The molecule has 0 saturated carbocycles. The van der Waals surface area contributed by atoms with E-state index in [1.165, 1.54) is 5.69 Å². The van der Waals surface area contributed by atoms with E-state index < -0.39 is 0 Å². The minimum Gasteiger partial charge on any atom is -0.497 e. The molecule has 2 rings (SSSR count). The molecule has 0 bridgehead atoms. The Morgan fingerprint density at radius 1 is 1.31 bits per heavy atom. The van der Waals surface area contributed by atoms with Crippen LogP contribution in [0.3, 0.4) is 0 Å². The normalized spacial score (nSPS) is 10.9. The Morgan fingerprint density at radius 2 is 2.04 bits per heavy atom. The second kappa shape index (κ2) is 11.3. The lowest BCUT2D eigenvalue weighted by molar-refractivity contribution is 0.316. The quantitative estimate of drug-likeness (QED) is 0.255. The number of hydrogen-bond donors (Lipinski definition) is 1. The Morgan fingerprint density at radius 3 is 2.65 bits per heavy atom. The highest BCUT2D eigenvalue weighted by atomic mass is 127. The van der Waals surface area contributed by atoms with Crippen LogP contribution in [-0.2, 0) is 13.6 Å². The molecule has 0 aliphatic carbocycles. The Kier molecular flexibility index (Phi) is 9.85. The predicted octanol–water partition coefficient (Wildman–Crippen LogP) is 3.50. The van der Waals surface area contributed by atoms with Gasteiger partial charge in [-0.3, -0.25) is 4.99 Å². The summed E-state index contributed by atoms with van der Waals surface area (Å²) in [5, 5.41) is 3.31. The van der Waals surface area contributed by atoms with Gasteiger partial charge in [0.1, 0.15) is 18.1 Å². The Hall–Kier alpha value is -1.42. The van der Waals surface area contributed by atoms with E-state index >= 15 is 0 Å². The molecule has 0 aliphatic rings. The Bertz CT molecular complexity index is 721. The third-order valence-electron chi connectivity index (χ3n) is 3.74. The highest BCUT2D eigenvalue weighted by Crippen LogP contribution is 2.18. The molecule has 1 N–H and O–H groups in total. The number of benzene rings is 1. The standard InChI is InChI=1S/C18H25BrN4O2.HI/c1-20-18(23(3)13-15-10-14(19)12-22(15)2)21-8-9-25-17-7-5-6-16(11-17)24-4;/h5-7,10-12H,8-9,13H2,1-4H3,(H,20,21);1H. The van der Waals surface area contributed by atoms with Crippen LogP contribution in [0.15, 0.2) is 46.0 Å². The summed E-state index contributed by atoms with van der Waals surface area (Å²) in [5.74, 6) is 2.40. The van der Waals surface area contributed by atoms with Crippen LogP contribution >= 0.6 is 39.9 Å². The summed E-state index contributed by atoms with van der Waals surface area (Å²) < 4.78 is 14.1. The second-order valence-corrected chi connectivity index (χ2v) is 6.53. The molecule has 1 aromatic heterocycles. The van der Waals surface area contributed by atoms with Crippen LogP contribution in [0.2, 0.25) is 0 Å². The molecule has 2 aromatic rings. The summed E-state index contributed by atoms with van der Waals surface area (Å²) in [4.78, 5) is 6.40. The Labute approximate surface area is 180 Å². The average molecular weight is 537 g/mol. The molecule has 144 valence electrons. The molecule has 0 amide bonds. The van der Waals surface area contributed by atoms with Gasteiger partial charge in [0.2, 0.25) is 0 Å². The Balaban J connectivity index is 0.00000338. The highest BCUT2D eigenvalue weighted by Gasteiger charge is 2.09. The molecule has 0 saturated heterocycles. The molecule has 6 nitrogen and oxygen atoms in total. The molecule has 0 unspecified atom stereocenters. The molecule has 1 heterocycles. The molecule has 0 fully saturated rings. The van der Waals surface area contributed by atoms with E-state index in [0.29, 0.717) is 13.2 Å². The predicted molar refractivity (Wildman–Crippen MR) is 120 cm³/mol. The first-order valence-corrected chi connectivity index (χ1v) is 8.82. The second-order valence-electron chi connectivity index (χ2n) is 5.62. The van der Waals surface area contributed by atoms with Crippen molar-refractivity contribution in [2.75, 3.05) is 34.4 Å². The van der Waals surface area contributed by atoms with Crippen molar-refractivity contribution in [2.45, 2.75) is 6.54 Å². The van der Waals surface area contributed by atoms with Crippen molar-refractivity contribution in [3.8, 4) is 11.5 Å². The molecular formula is C18H26BrIN4O2. The van der Waals surface area contributed by atoms with Gasteiger partial charge < -0.3 is 24.3 Å². The van der Waals surface area contributed by atoms with E-state index in [1.807, 2.05) is 44.6 Å². The number of aryl methyl sites for hydroxylation is 1. The minimum absolute atomic E-state index is 0. The van der Waals surface area contributed by atoms with Gasteiger partial charge in [-0.25, -0.2) is 0 Å². The van der Waals surface area contributed by atoms with Crippen molar-refractivity contribution in [2.24, 2.45) is 12.0 Å². The summed E-state index contributed by atoms with van der Waals surface area (Å²) in [6.45, 7) is 1.96. The lowest BCUT2D eigenvalue weighted by Gasteiger charge is -2.22. The summed E-state index contributed by atoms with van der Waals surface area (Å²) in [6.07, 6.45) is 2.04. The summed E-state index contributed by atoms with van der Waals surface area (Å²) >= 11 is 3.50. The zero-order valence-corrected chi connectivity index (χ0v) is 19.4. The van der Waals surface area contributed by atoms with Crippen LogP contribution in [0.4, 0.5) is 0 Å². The van der Waals surface area contributed by atoms with Crippen molar-refractivity contribution >= 4 is 45.9 Å². The number of hydrogen-bond acceptors (Lipinski definition) is 3. The van der Waals surface area contributed by atoms with E-state index in [1.54, 1.807) is 14.2 Å². The SMILES string of the molecule is CN=C(NCCOc1cccc(OC)c1)N(C)Cc1cc(Br)cn1C.I. The monoisotopic (exact) mass is 536 g/mol. The molecule has 26 heavy (non-hydrogen) atoms. The van der Waals surface area contributed by atoms with Crippen molar-refractivity contribution in [1.29, 1.82) is 0 Å². The van der Waals surface area contributed by atoms with Crippen LogP contribution in [0.5, 0.6) is 11.5 Å². The van der Waals surface area contributed by atoms with Gasteiger partial charge in [0, 0.05) is 43.6 Å². The van der Waals surface area contributed by atoms with Gasteiger partial charge >= 0.3 is 0 Å². The fraction of sp³-hybridized carbons (Fsp3) is 0.389. The molecule has 1 aromatic carbocycles. The lowest BCUT2D eigenvalue weighted by Crippen LogP contribution is -2.40. The van der Waals surface area contributed by atoms with Crippen LogP contribution in [0.25, 0.3) is 0 Å². The maximum Gasteiger partial charge on any atom is 0.193 e. The molecular weight excluding hydrogens is 511 g/mol. The number of rotatable bonds is 7. The first-order chi connectivity index (χ1) is 12.0. The first kappa shape index (κ1) is 22.6. The highest BCUT2D eigenvalue weighted by molar-refractivity contribution is 14.0. The number of aliphatic imine (C=N–C) groups is 1. The number of halogens is 2. The topological polar surface area (TPSA) is 51.0 Å². The number of nitrogens with zero attached hydrogens (tertiary/aromatic N) is 3. The summed E-state index contributed by atoms with van der Waals surface area (Å²) in [7, 11) is 7.47. The fourth-order valence-corrected chi connectivity index (χ4v) is 3.02. The number of ether oxygens (including phenoxy) is 2. The zero-order valence-electron chi connectivity index (χ0n) is 15.5. The van der Waals surface area contributed by atoms with Gasteiger partial charge in [0.15, 0.2) is 5.96 Å². The van der Waals surface area contributed by atoms with Gasteiger partial charge in [-0.15, -0.1) is 24.0 Å². The van der Waals surface area contributed by atoms with Crippen molar-refractivity contribution in [1.82, 2.24) is 14.8 Å². The van der Waals surface area contributed by atoms with Crippen LogP contribution in [-0.4, -0.2) is 49.8 Å². The van der Waals surface area contributed by atoms with E-state index in [4.69, 9.17) is 9.47 Å². The van der Waals surface area contributed by atoms with Gasteiger partial charge in [-0.2, -0.15) is 0 Å². The van der Waals surface area contributed by atoms with Gasteiger partial charge in [-0.05, 0) is 34.1 Å². The number of aromatic nitrogens is 1. The van der Waals surface area contributed by atoms with Gasteiger partial charge in [-0.1, -0.05) is 6.07 Å². The van der Waals surface area contributed by atoms with Crippen LogP contribution < -0.4 is 14.8 Å². The summed E-state index contributed by atoms with van der Waals surface area (Å²) in [5.41, 5.74) is 1.20. The van der Waals surface area contributed by atoms with E-state index in [0.717, 1.165) is 28.5 Å². The largest absolute Gasteiger partial charge is 0.497 e. The van der Waals surface area contributed by atoms with Crippen LogP contribution in [0, 0.1) is 0 Å². The van der Waals surface area contributed by atoms with Crippen LogP contribution in [0.1, 0.15) is 5.69 Å². The summed E-state index contributed by atoms with van der Waals surface area (Å²) in [6, 6.07) is 9.69. The van der Waals surface area contributed by atoms with Crippen molar-refractivity contribution in [3.63, 3.8) is 0 Å². The first-order valence-electron chi connectivity index (χ1n) is 8.03.